The third kappa shape index (κ3) is 3.29. The number of hydrogen-bond donors (Lipinski definition) is 1. The Morgan fingerprint density at radius 3 is 2.50 bits per heavy atom. The van der Waals surface area contributed by atoms with Gasteiger partial charge in [-0.05, 0) is 38.0 Å². The first-order chi connectivity index (χ1) is 6.63. The molecule has 14 heavy (non-hydrogen) atoms. The largest absolute Gasteiger partial charge is 0.461 e. The second-order valence-corrected chi connectivity index (χ2v) is 4.33. The van der Waals surface area contributed by atoms with Crippen LogP contribution in [-0.2, 0) is 9.53 Å². The van der Waals surface area contributed by atoms with Crippen LogP contribution in [0.5, 0.6) is 0 Å². The summed E-state index contributed by atoms with van der Waals surface area (Å²) in [7, 11) is 0. The van der Waals surface area contributed by atoms with Crippen LogP contribution in [0, 0.1) is 5.92 Å². The molecule has 0 aliphatic heterocycles. The quantitative estimate of drug-likeness (QED) is 0.706. The first-order valence-corrected chi connectivity index (χ1v) is 5.59. The molecule has 1 saturated carbocycles. The topological polar surface area (TPSA) is 52.3 Å². The van der Waals surface area contributed by atoms with Crippen LogP contribution in [-0.4, -0.2) is 18.1 Å². The van der Waals surface area contributed by atoms with Crippen molar-refractivity contribution in [2.45, 2.75) is 58.1 Å². The highest BCUT2D eigenvalue weighted by Crippen LogP contribution is 2.25. The lowest BCUT2D eigenvalue weighted by molar-refractivity contribution is -0.152. The highest BCUT2D eigenvalue weighted by molar-refractivity contribution is 5.75. The molecule has 0 saturated heterocycles. The number of carbonyl (C=O) groups is 1. The minimum atomic E-state index is -0.436. The number of ether oxygens (including phenoxy) is 1. The van der Waals surface area contributed by atoms with Crippen molar-refractivity contribution in [3.63, 3.8) is 0 Å². The van der Waals surface area contributed by atoms with Gasteiger partial charge in [-0.2, -0.15) is 0 Å². The maximum absolute atomic E-state index is 11.4. The Balaban J connectivity index is 2.27. The van der Waals surface area contributed by atoms with E-state index in [1.165, 1.54) is 12.8 Å². The minimum Gasteiger partial charge on any atom is -0.461 e. The van der Waals surface area contributed by atoms with Gasteiger partial charge in [0.25, 0.3) is 0 Å². The van der Waals surface area contributed by atoms with E-state index >= 15 is 0 Å². The number of carbonyl (C=O) groups excluding carboxylic acids is 1. The molecule has 2 N–H and O–H groups in total. The predicted molar refractivity (Wildman–Crippen MR) is 55.8 cm³/mol. The summed E-state index contributed by atoms with van der Waals surface area (Å²) in [5.41, 5.74) is 5.59. The van der Waals surface area contributed by atoms with Crippen LogP contribution in [0.25, 0.3) is 0 Å². The predicted octanol–water partition coefficient (Wildman–Crippen LogP) is 1.85. The number of hydrogen-bond acceptors (Lipinski definition) is 3. The lowest BCUT2D eigenvalue weighted by Gasteiger charge is -2.26. The van der Waals surface area contributed by atoms with E-state index in [0.29, 0.717) is 6.42 Å². The van der Waals surface area contributed by atoms with Crippen LogP contribution in [0.2, 0.25) is 0 Å². The Kier molecular flexibility index (Phi) is 4.39. The standard InChI is InChI=1S/C11H21NO2/c1-3-10(12)11(13)14-9-6-4-8(2)5-7-9/h8-10H,3-7,12H2,1-2H3/t8?,9?,10-/m1/s1. The second-order valence-electron chi connectivity index (χ2n) is 4.33. The van der Waals surface area contributed by atoms with Crippen molar-refractivity contribution in [3.05, 3.63) is 0 Å². The summed E-state index contributed by atoms with van der Waals surface area (Å²) in [5, 5.41) is 0. The molecule has 0 aromatic carbocycles. The van der Waals surface area contributed by atoms with Crippen molar-refractivity contribution in [2.24, 2.45) is 11.7 Å². The average Bonchev–Trinajstić information content (AvgIpc) is 2.20. The highest BCUT2D eigenvalue weighted by atomic mass is 16.5. The van der Waals surface area contributed by atoms with Gasteiger partial charge in [-0.1, -0.05) is 13.8 Å². The van der Waals surface area contributed by atoms with Crippen LogP contribution in [0.3, 0.4) is 0 Å². The fourth-order valence-electron chi connectivity index (χ4n) is 1.77. The van der Waals surface area contributed by atoms with Gasteiger partial charge < -0.3 is 10.5 Å². The maximum Gasteiger partial charge on any atom is 0.323 e. The summed E-state index contributed by atoms with van der Waals surface area (Å²) in [4.78, 5) is 11.4. The van der Waals surface area contributed by atoms with Gasteiger partial charge in [0.2, 0.25) is 0 Å². The average molecular weight is 199 g/mol. The Morgan fingerprint density at radius 2 is 2.00 bits per heavy atom. The summed E-state index contributed by atoms with van der Waals surface area (Å²) in [6.45, 7) is 4.14. The van der Waals surface area contributed by atoms with Crippen LogP contribution in [0.1, 0.15) is 46.0 Å². The summed E-state index contributed by atoms with van der Waals surface area (Å²) < 4.78 is 5.33. The molecule has 1 atom stereocenters. The lowest BCUT2D eigenvalue weighted by Crippen LogP contribution is -2.35. The van der Waals surface area contributed by atoms with Gasteiger partial charge >= 0.3 is 5.97 Å². The van der Waals surface area contributed by atoms with Crippen molar-refractivity contribution in [1.29, 1.82) is 0 Å². The normalized spacial score (nSPS) is 29.6. The molecule has 1 aliphatic carbocycles. The molecule has 0 radical (unpaired) electrons. The molecule has 0 spiro atoms. The molecule has 3 heteroatoms. The molecule has 0 aromatic rings. The summed E-state index contributed by atoms with van der Waals surface area (Å²) in [5.74, 6) is 0.553. The van der Waals surface area contributed by atoms with E-state index in [4.69, 9.17) is 10.5 Å². The van der Waals surface area contributed by atoms with Gasteiger partial charge in [-0.3, -0.25) is 4.79 Å². The molecule has 0 unspecified atom stereocenters. The van der Waals surface area contributed by atoms with Crippen LogP contribution < -0.4 is 5.73 Å². The van der Waals surface area contributed by atoms with E-state index in [2.05, 4.69) is 6.92 Å². The van der Waals surface area contributed by atoms with Gasteiger partial charge in [0.1, 0.15) is 12.1 Å². The van der Waals surface area contributed by atoms with Crippen molar-refractivity contribution >= 4 is 5.97 Å². The maximum atomic E-state index is 11.4. The Labute approximate surface area is 86.0 Å². The summed E-state index contributed by atoms with van der Waals surface area (Å²) in [6.07, 6.45) is 5.11. The lowest BCUT2D eigenvalue weighted by atomic mass is 9.89. The Hall–Kier alpha value is -0.570. The van der Waals surface area contributed by atoms with Gasteiger partial charge in [0.05, 0.1) is 0 Å². The minimum absolute atomic E-state index is 0.122. The van der Waals surface area contributed by atoms with Crippen molar-refractivity contribution < 1.29 is 9.53 Å². The molecule has 0 bridgehead atoms. The molecular formula is C11H21NO2. The zero-order chi connectivity index (χ0) is 10.6. The molecule has 1 fully saturated rings. The van der Waals surface area contributed by atoms with Crippen LogP contribution in [0.15, 0.2) is 0 Å². The fraction of sp³-hybridized carbons (Fsp3) is 0.909. The fourth-order valence-corrected chi connectivity index (χ4v) is 1.77. The molecule has 0 heterocycles. The molecular weight excluding hydrogens is 178 g/mol. The molecule has 1 aliphatic rings. The van der Waals surface area contributed by atoms with Crippen LogP contribution >= 0.6 is 0 Å². The number of esters is 1. The third-order valence-corrected chi connectivity index (χ3v) is 2.99. The van der Waals surface area contributed by atoms with E-state index in [1.54, 1.807) is 0 Å². The van der Waals surface area contributed by atoms with E-state index in [0.717, 1.165) is 18.8 Å². The van der Waals surface area contributed by atoms with Gasteiger partial charge in [0, 0.05) is 0 Å². The summed E-state index contributed by atoms with van der Waals surface area (Å²) in [6, 6.07) is -0.436. The van der Waals surface area contributed by atoms with Crippen molar-refractivity contribution in [2.75, 3.05) is 0 Å². The Bertz CT molecular complexity index is 186. The van der Waals surface area contributed by atoms with Crippen molar-refractivity contribution in [1.82, 2.24) is 0 Å². The number of rotatable bonds is 3. The zero-order valence-electron chi connectivity index (χ0n) is 9.16. The van der Waals surface area contributed by atoms with Crippen LogP contribution in [0.4, 0.5) is 0 Å². The molecule has 82 valence electrons. The van der Waals surface area contributed by atoms with Gasteiger partial charge in [-0.15, -0.1) is 0 Å². The smallest absolute Gasteiger partial charge is 0.323 e. The number of nitrogens with two attached hydrogens (primary N) is 1. The molecule has 1 rings (SSSR count). The van der Waals surface area contributed by atoms with Gasteiger partial charge in [-0.25, -0.2) is 0 Å². The highest BCUT2D eigenvalue weighted by Gasteiger charge is 2.23. The second kappa shape index (κ2) is 5.35. The molecule has 3 nitrogen and oxygen atoms in total. The van der Waals surface area contributed by atoms with E-state index in [9.17, 15) is 4.79 Å². The van der Waals surface area contributed by atoms with E-state index < -0.39 is 6.04 Å². The first kappa shape index (κ1) is 11.5. The molecule has 0 aromatic heterocycles. The first-order valence-electron chi connectivity index (χ1n) is 5.59. The van der Waals surface area contributed by atoms with Gasteiger partial charge in [0.15, 0.2) is 0 Å². The summed E-state index contributed by atoms with van der Waals surface area (Å²) >= 11 is 0. The van der Waals surface area contributed by atoms with Crippen molar-refractivity contribution in [3.8, 4) is 0 Å². The molecule has 0 amide bonds. The zero-order valence-corrected chi connectivity index (χ0v) is 9.16. The monoisotopic (exact) mass is 199 g/mol. The third-order valence-electron chi connectivity index (χ3n) is 2.99. The SMILES string of the molecule is CC[C@@H](N)C(=O)OC1CCC(C)CC1. The van der Waals surface area contributed by atoms with E-state index in [1.807, 2.05) is 6.92 Å². The Morgan fingerprint density at radius 1 is 1.43 bits per heavy atom. The van der Waals surface area contributed by atoms with E-state index in [-0.39, 0.29) is 12.1 Å².